The summed E-state index contributed by atoms with van der Waals surface area (Å²) in [4.78, 5) is 17.0. The highest BCUT2D eigenvalue weighted by atomic mass is 32.2. The average Bonchev–Trinajstić information content (AvgIpc) is 3.34. The van der Waals surface area contributed by atoms with Crippen LogP contribution in [0.3, 0.4) is 0 Å². The Hall–Kier alpha value is -2.12. The Labute approximate surface area is 161 Å². The molecule has 1 amide bonds. The van der Waals surface area contributed by atoms with E-state index < -0.39 is 0 Å². The third-order valence-corrected chi connectivity index (χ3v) is 5.62. The maximum atomic E-state index is 11.9. The monoisotopic (exact) mass is 387 g/mol. The number of aromatic nitrogens is 2. The molecule has 0 aliphatic carbocycles. The van der Waals surface area contributed by atoms with Crippen LogP contribution < -0.4 is 5.32 Å². The molecule has 7 heteroatoms. The zero-order valence-electron chi connectivity index (χ0n) is 14.4. The summed E-state index contributed by atoms with van der Waals surface area (Å²) in [7, 11) is 0. The van der Waals surface area contributed by atoms with Gasteiger partial charge in [-0.2, -0.15) is 0 Å². The second-order valence-corrected chi connectivity index (χ2v) is 7.75. The summed E-state index contributed by atoms with van der Waals surface area (Å²) in [6.45, 7) is 0.719. The van der Waals surface area contributed by atoms with Gasteiger partial charge in [-0.05, 0) is 48.4 Å². The smallest absolute Gasteiger partial charge is 0.230 e. The minimum atomic E-state index is 0.0703. The van der Waals surface area contributed by atoms with Gasteiger partial charge in [-0.15, -0.1) is 23.1 Å². The van der Waals surface area contributed by atoms with E-state index in [-0.39, 0.29) is 5.91 Å². The quantitative estimate of drug-likeness (QED) is 0.529. The first-order valence-electron chi connectivity index (χ1n) is 8.54. The summed E-state index contributed by atoms with van der Waals surface area (Å²) in [5.74, 6) is 1.96. The minimum absolute atomic E-state index is 0.0703. The van der Waals surface area contributed by atoms with Gasteiger partial charge in [0.05, 0.1) is 16.3 Å². The van der Waals surface area contributed by atoms with Gasteiger partial charge < -0.3 is 9.84 Å². The molecule has 3 aromatic rings. The number of aryl methyl sites for hydroxylation is 1. The molecule has 0 aliphatic rings. The first-order valence-corrected chi connectivity index (χ1v) is 10.6. The molecular formula is C19H21N3O2S2. The van der Waals surface area contributed by atoms with E-state index in [9.17, 15) is 4.79 Å². The predicted molar refractivity (Wildman–Crippen MR) is 106 cm³/mol. The Bertz CT molecular complexity index is 788. The molecule has 0 radical (unpaired) electrons. The molecule has 0 saturated heterocycles. The van der Waals surface area contributed by atoms with Gasteiger partial charge in [-0.25, -0.2) is 0 Å². The number of amides is 1. The molecule has 1 N–H and O–H groups in total. The highest BCUT2D eigenvalue weighted by molar-refractivity contribution is 7.99. The zero-order valence-corrected chi connectivity index (χ0v) is 16.0. The van der Waals surface area contributed by atoms with Gasteiger partial charge in [0.15, 0.2) is 5.76 Å². The van der Waals surface area contributed by atoms with Crippen LogP contribution in [-0.2, 0) is 17.0 Å². The van der Waals surface area contributed by atoms with Gasteiger partial charge in [0.25, 0.3) is 0 Å². The lowest BCUT2D eigenvalue weighted by Gasteiger charge is -2.05. The van der Waals surface area contributed by atoms with Crippen LogP contribution in [0.5, 0.6) is 0 Å². The topological polar surface area (TPSA) is 68.0 Å². The number of carbonyl (C=O) groups excluding carboxylic acids is 1. The zero-order chi connectivity index (χ0) is 18.0. The van der Waals surface area contributed by atoms with Crippen molar-refractivity contribution < 1.29 is 9.32 Å². The second kappa shape index (κ2) is 10.1. The molecule has 0 spiro atoms. The molecule has 5 nitrogen and oxygen atoms in total. The van der Waals surface area contributed by atoms with Crippen molar-refractivity contribution in [3.05, 3.63) is 59.4 Å². The molecule has 0 aromatic carbocycles. The SMILES string of the molecule is O=C(CSCc1cc(-c2cccs2)on1)NCCCCc1ccncc1. The van der Waals surface area contributed by atoms with Crippen molar-refractivity contribution in [1.29, 1.82) is 0 Å². The van der Waals surface area contributed by atoms with Gasteiger partial charge in [0.2, 0.25) is 5.91 Å². The molecule has 0 saturated carbocycles. The standard InChI is InChI=1S/C19H21N3O2S2/c23-19(21-8-2-1-4-15-6-9-20-10-7-15)14-25-13-16-12-17(24-22-16)18-5-3-11-26-18/h3,5-7,9-12H,1-2,4,8,13-14H2,(H,21,23). The van der Waals surface area contributed by atoms with Crippen molar-refractivity contribution in [2.24, 2.45) is 0 Å². The van der Waals surface area contributed by atoms with Crippen LogP contribution in [0.25, 0.3) is 10.6 Å². The lowest BCUT2D eigenvalue weighted by atomic mass is 10.1. The first-order chi connectivity index (χ1) is 12.8. The van der Waals surface area contributed by atoms with Crippen LogP contribution in [0.15, 0.2) is 52.6 Å². The lowest BCUT2D eigenvalue weighted by Crippen LogP contribution is -2.26. The Morgan fingerprint density at radius 2 is 2.12 bits per heavy atom. The molecule has 0 atom stereocenters. The van der Waals surface area contributed by atoms with Crippen molar-refractivity contribution in [1.82, 2.24) is 15.5 Å². The molecule has 0 fully saturated rings. The summed E-state index contributed by atoms with van der Waals surface area (Å²) < 4.78 is 5.34. The van der Waals surface area contributed by atoms with Gasteiger partial charge >= 0.3 is 0 Å². The molecule has 0 bridgehead atoms. The maximum Gasteiger partial charge on any atom is 0.230 e. The van der Waals surface area contributed by atoms with Crippen LogP contribution in [0.1, 0.15) is 24.1 Å². The summed E-state index contributed by atoms with van der Waals surface area (Å²) >= 11 is 3.17. The molecule has 3 rings (SSSR count). The highest BCUT2D eigenvalue weighted by Crippen LogP contribution is 2.26. The highest BCUT2D eigenvalue weighted by Gasteiger charge is 2.08. The normalized spacial score (nSPS) is 10.8. The Balaban J connectivity index is 1.26. The fourth-order valence-corrected chi connectivity index (χ4v) is 3.85. The molecule has 3 heterocycles. The third kappa shape index (κ3) is 6.00. The minimum Gasteiger partial charge on any atom is -0.355 e. The van der Waals surface area contributed by atoms with E-state index in [2.05, 4.69) is 15.5 Å². The number of nitrogens with one attached hydrogen (secondary N) is 1. The number of carbonyl (C=O) groups is 1. The fraction of sp³-hybridized carbons (Fsp3) is 0.316. The molecule has 3 aromatic heterocycles. The fourth-order valence-electron chi connectivity index (χ4n) is 2.45. The second-order valence-electron chi connectivity index (χ2n) is 5.82. The van der Waals surface area contributed by atoms with E-state index >= 15 is 0 Å². The average molecular weight is 388 g/mol. The van der Waals surface area contributed by atoms with Crippen LogP contribution in [0, 0.1) is 0 Å². The van der Waals surface area contributed by atoms with E-state index in [1.807, 2.05) is 48.1 Å². The number of hydrogen-bond acceptors (Lipinski definition) is 6. The van der Waals surface area contributed by atoms with Crippen molar-refractivity contribution in [2.45, 2.75) is 25.0 Å². The number of pyridine rings is 1. The third-order valence-electron chi connectivity index (χ3n) is 3.77. The predicted octanol–water partition coefficient (Wildman–Crippen LogP) is 4.17. The number of unbranched alkanes of at least 4 members (excludes halogenated alkanes) is 1. The van der Waals surface area contributed by atoms with Gasteiger partial charge in [-0.1, -0.05) is 11.2 Å². The molecule has 26 heavy (non-hydrogen) atoms. The van der Waals surface area contributed by atoms with Crippen molar-refractivity contribution in [2.75, 3.05) is 12.3 Å². The lowest BCUT2D eigenvalue weighted by molar-refractivity contribution is -0.118. The number of rotatable bonds is 10. The van der Waals surface area contributed by atoms with Crippen LogP contribution in [0.4, 0.5) is 0 Å². The summed E-state index contributed by atoms with van der Waals surface area (Å²) in [5.41, 5.74) is 2.15. The molecule has 0 aliphatic heterocycles. The van der Waals surface area contributed by atoms with Gasteiger partial charge in [0.1, 0.15) is 0 Å². The van der Waals surface area contributed by atoms with Gasteiger partial charge in [0, 0.05) is 30.8 Å². The molecule has 136 valence electrons. The summed E-state index contributed by atoms with van der Waals surface area (Å²) in [6.07, 6.45) is 6.68. The van der Waals surface area contributed by atoms with Crippen LogP contribution >= 0.6 is 23.1 Å². The van der Waals surface area contributed by atoms with E-state index in [1.54, 1.807) is 23.1 Å². The van der Waals surface area contributed by atoms with E-state index in [0.717, 1.165) is 42.1 Å². The van der Waals surface area contributed by atoms with E-state index in [4.69, 9.17) is 4.52 Å². The Morgan fingerprint density at radius 1 is 1.23 bits per heavy atom. The van der Waals surface area contributed by atoms with Crippen LogP contribution in [0.2, 0.25) is 0 Å². The van der Waals surface area contributed by atoms with Crippen molar-refractivity contribution in [3.8, 4) is 10.6 Å². The number of nitrogens with zero attached hydrogens (tertiary/aromatic N) is 2. The summed E-state index contributed by atoms with van der Waals surface area (Å²) in [5, 5.41) is 9.04. The van der Waals surface area contributed by atoms with E-state index in [0.29, 0.717) is 11.5 Å². The number of hydrogen-bond donors (Lipinski definition) is 1. The van der Waals surface area contributed by atoms with Crippen molar-refractivity contribution >= 4 is 29.0 Å². The molecular weight excluding hydrogens is 366 g/mol. The van der Waals surface area contributed by atoms with Gasteiger partial charge in [-0.3, -0.25) is 9.78 Å². The summed E-state index contributed by atoms with van der Waals surface area (Å²) in [6, 6.07) is 9.99. The maximum absolute atomic E-state index is 11.9. The number of thioether (sulfide) groups is 1. The first kappa shape index (κ1) is 18.7. The Kier molecular flexibility index (Phi) is 7.27. The largest absolute Gasteiger partial charge is 0.355 e. The number of thiophene rings is 1. The Morgan fingerprint density at radius 3 is 2.92 bits per heavy atom. The van der Waals surface area contributed by atoms with Crippen molar-refractivity contribution in [3.63, 3.8) is 0 Å². The molecule has 0 unspecified atom stereocenters. The van der Waals surface area contributed by atoms with E-state index in [1.165, 1.54) is 5.56 Å². The van der Waals surface area contributed by atoms with Crippen LogP contribution in [-0.4, -0.2) is 28.3 Å².